The van der Waals surface area contributed by atoms with Crippen molar-refractivity contribution in [3.8, 4) is 11.5 Å². The molecule has 5 heteroatoms. The molecule has 148 valence electrons. The van der Waals surface area contributed by atoms with Crippen molar-refractivity contribution < 1.29 is 9.47 Å². The molecule has 0 amide bonds. The van der Waals surface area contributed by atoms with Crippen molar-refractivity contribution in [2.45, 2.75) is 52.2 Å². The summed E-state index contributed by atoms with van der Waals surface area (Å²) in [6.07, 6.45) is 6.45. The molecule has 1 N–H and O–H groups in total. The summed E-state index contributed by atoms with van der Waals surface area (Å²) in [4.78, 5) is 0. The Labute approximate surface area is 173 Å². The van der Waals surface area contributed by atoms with Crippen molar-refractivity contribution >= 4 is 23.2 Å². The second-order valence-corrected chi connectivity index (χ2v) is 7.38. The largest absolute Gasteiger partial charge is 0.493 e. The molecule has 3 nitrogen and oxygen atoms in total. The maximum absolute atomic E-state index is 6.20. The molecular formula is C22H29Cl2NO2. The van der Waals surface area contributed by atoms with Crippen molar-refractivity contribution in [1.29, 1.82) is 0 Å². The molecule has 0 spiro atoms. The highest BCUT2D eigenvalue weighted by atomic mass is 35.5. The molecule has 0 aliphatic carbocycles. The second kappa shape index (κ2) is 12.1. The Bertz CT molecular complexity index is 686. The predicted molar refractivity (Wildman–Crippen MR) is 114 cm³/mol. The van der Waals surface area contributed by atoms with Gasteiger partial charge in [0.05, 0.1) is 7.11 Å². The molecule has 2 aromatic carbocycles. The third kappa shape index (κ3) is 7.25. The van der Waals surface area contributed by atoms with Crippen LogP contribution in [0, 0.1) is 0 Å². The summed E-state index contributed by atoms with van der Waals surface area (Å²) in [6, 6.07) is 11.4. The number of ether oxygens (including phenoxy) is 2. The number of nitrogens with one attached hydrogen (secondary N) is 1. The van der Waals surface area contributed by atoms with Gasteiger partial charge in [-0.1, -0.05) is 67.9 Å². The highest BCUT2D eigenvalue weighted by Gasteiger charge is 2.10. The summed E-state index contributed by atoms with van der Waals surface area (Å²) in [6.45, 7) is 4.39. The van der Waals surface area contributed by atoms with Gasteiger partial charge < -0.3 is 14.8 Å². The monoisotopic (exact) mass is 409 g/mol. The zero-order valence-electron chi connectivity index (χ0n) is 16.2. The number of benzene rings is 2. The van der Waals surface area contributed by atoms with Gasteiger partial charge in [-0.25, -0.2) is 0 Å². The minimum atomic E-state index is 0.296. The molecule has 0 radical (unpaired) electrons. The quantitative estimate of drug-likeness (QED) is 0.398. The van der Waals surface area contributed by atoms with Gasteiger partial charge >= 0.3 is 0 Å². The average molecular weight is 410 g/mol. The van der Waals surface area contributed by atoms with Gasteiger partial charge in [0, 0.05) is 22.2 Å². The molecular weight excluding hydrogens is 381 g/mol. The van der Waals surface area contributed by atoms with E-state index in [9.17, 15) is 0 Å². The van der Waals surface area contributed by atoms with E-state index in [0.717, 1.165) is 18.7 Å². The highest BCUT2D eigenvalue weighted by Crippen LogP contribution is 2.31. The summed E-state index contributed by atoms with van der Waals surface area (Å²) < 4.78 is 11.4. The van der Waals surface area contributed by atoms with Crippen LogP contribution in [-0.4, -0.2) is 13.7 Å². The van der Waals surface area contributed by atoms with Crippen LogP contribution in [0.2, 0.25) is 10.0 Å². The van der Waals surface area contributed by atoms with E-state index in [1.165, 1.54) is 37.7 Å². The highest BCUT2D eigenvalue weighted by molar-refractivity contribution is 6.35. The Hall–Kier alpha value is -1.42. The first-order valence-corrected chi connectivity index (χ1v) is 10.3. The first-order valence-electron chi connectivity index (χ1n) is 9.59. The van der Waals surface area contributed by atoms with Crippen LogP contribution in [0.1, 0.15) is 50.2 Å². The second-order valence-electron chi connectivity index (χ2n) is 6.57. The Balaban J connectivity index is 1.86. The lowest BCUT2D eigenvalue weighted by molar-refractivity contribution is 0.284. The molecule has 0 saturated heterocycles. The van der Waals surface area contributed by atoms with Gasteiger partial charge in [0.25, 0.3) is 0 Å². The van der Waals surface area contributed by atoms with Crippen LogP contribution in [-0.2, 0) is 13.2 Å². The van der Waals surface area contributed by atoms with E-state index < -0.39 is 0 Å². The van der Waals surface area contributed by atoms with Crippen molar-refractivity contribution in [1.82, 2.24) is 5.32 Å². The maximum Gasteiger partial charge on any atom is 0.161 e. The van der Waals surface area contributed by atoms with Gasteiger partial charge in [0.1, 0.15) is 6.61 Å². The Morgan fingerprint density at radius 3 is 2.37 bits per heavy atom. The van der Waals surface area contributed by atoms with E-state index in [2.05, 4.69) is 18.3 Å². The van der Waals surface area contributed by atoms with Crippen LogP contribution in [0.25, 0.3) is 0 Å². The number of methoxy groups -OCH3 is 1. The summed E-state index contributed by atoms with van der Waals surface area (Å²) in [5.41, 5.74) is 1.94. The first kappa shape index (κ1) is 21.9. The van der Waals surface area contributed by atoms with Gasteiger partial charge in [-0.15, -0.1) is 0 Å². The molecule has 0 atom stereocenters. The molecule has 27 heavy (non-hydrogen) atoms. The van der Waals surface area contributed by atoms with Crippen molar-refractivity contribution in [2.24, 2.45) is 0 Å². The van der Waals surface area contributed by atoms with Gasteiger partial charge in [-0.2, -0.15) is 0 Å². The molecule has 0 saturated carbocycles. The predicted octanol–water partition coefficient (Wildman–Crippen LogP) is 6.64. The lowest BCUT2D eigenvalue weighted by Crippen LogP contribution is -2.14. The van der Waals surface area contributed by atoms with E-state index in [1.807, 2.05) is 18.2 Å². The lowest BCUT2D eigenvalue weighted by atomic mass is 10.1. The standard InChI is InChI=1S/C22H29Cl2NO2/c1-3-4-5-6-7-13-25-15-17-11-12-21(22(14-17)26-2)27-16-18-19(23)9-8-10-20(18)24/h8-12,14,25H,3-7,13,15-16H2,1-2H3. The normalized spacial score (nSPS) is 10.8. The topological polar surface area (TPSA) is 30.5 Å². The maximum atomic E-state index is 6.20. The van der Waals surface area contributed by atoms with Gasteiger partial charge in [-0.3, -0.25) is 0 Å². The van der Waals surface area contributed by atoms with Crippen molar-refractivity contribution in [3.05, 3.63) is 57.6 Å². The van der Waals surface area contributed by atoms with Crippen LogP contribution in [0.3, 0.4) is 0 Å². The molecule has 2 rings (SSSR count). The molecule has 0 fully saturated rings. The summed E-state index contributed by atoms with van der Waals surface area (Å²) >= 11 is 12.4. The van der Waals surface area contributed by atoms with Crippen LogP contribution >= 0.6 is 23.2 Å². The number of hydrogen-bond donors (Lipinski definition) is 1. The zero-order chi connectivity index (χ0) is 19.5. The fraction of sp³-hybridized carbons (Fsp3) is 0.455. The third-order valence-electron chi connectivity index (χ3n) is 4.45. The summed E-state index contributed by atoms with van der Waals surface area (Å²) in [5.74, 6) is 1.39. The van der Waals surface area contributed by atoms with Crippen LogP contribution in [0.5, 0.6) is 11.5 Å². The number of halogens is 2. The molecule has 0 unspecified atom stereocenters. The summed E-state index contributed by atoms with van der Waals surface area (Å²) in [7, 11) is 1.65. The van der Waals surface area contributed by atoms with E-state index in [1.54, 1.807) is 19.2 Å². The fourth-order valence-corrected chi connectivity index (χ4v) is 3.35. The van der Waals surface area contributed by atoms with E-state index in [4.69, 9.17) is 32.7 Å². The molecule has 2 aromatic rings. The average Bonchev–Trinajstić information content (AvgIpc) is 2.67. The third-order valence-corrected chi connectivity index (χ3v) is 5.16. The van der Waals surface area contributed by atoms with Crippen molar-refractivity contribution in [2.75, 3.05) is 13.7 Å². The Kier molecular flexibility index (Phi) is 9.82. The number of rotatable bonds is 12. The number of unbranched alkanes of at least 4 members (excludes halogenated alkanes) is 4. The van der Waals surface area contributed by atoms with Crippen LogP contribution in [0.15, 0.2) is 36.4 Å². The van der Waals surface area contributed by atoms with E-state index in [-0.39, 0.29) is 0 Å². The zero-order valence-corrected chi connectivity index (χ0v) is 17.7. The van der Waals surface area contributed by atoms with E-state index >= 15 is 0 Å². The fourth-order valence-electron chi connectivity index (χ4n) is 2.85. The molecule has 0 aromatic heterocycles. The SMILES string of the molecule is CCCCCCCNCc1ccc(OCc2c(Cl)cccc2Cl)c(OC)c1. The van der Waals surface area contributed by atoms with Gasteiger partial charge in [0.15, 0.2) is 11.5 Å². The minimum absolute atomic E-state index is 0.296. The number of hydrogen-bond acceptors (Lipinski definition) is 3. The molecule has 0 aliphatic heterocycles. The minimum Gasteiger partial charge on any atom is -0.493 e. The molecule has 0 bridgehead atoms. The van der Waals surface area contributed by atoms with Crippen LogP contribution in [0.4, 0.5) is 0 Å². The van der Waals surface area contributed by atoms with Crippen molar-refractivity contribution in [3.63, 3.8) is 0 Å². The summed E-state index contributed by atoms with van der Waals surface area (Å²) in [5, 5.41) is 4.69. The van der Waals surface area contributed by atoms with Gasteiger partial charge in [-0.05, 0) is 42.8 Å². The van der Waals surface area contributed by atoms with Crippen LogP contribution < -0.4 is 14.8 Å². The van der Waals surface area contributed by atoms with E-state index in [0.29, 0.717) is 28.2 Å². The molecule has 0 aliphatic rings. The van der Waals surface area contributed by atoms with Gasteiger partial charge in [0.2, 0.25) is 0 Å². The smallest absolute Gasteiger partial charge is 0.161 e. The Morgan fingerprint density at radius 2 is 1.67 bits per heavy atom. The lowest BCUT2D eigenvalue weighted by Gasteiger charge is -2.14. The molecule has 0 heterocycles. The first-order chi connectivity index (χ1) is 13.2. The Morgan fingerprint density at radius 1 is 0.926 bits per heavy atom.